The summed E-state index contributed by atoms with van der Waals surface area (Å²) in [6, 6.07) is 56.1. The van der Waals surface area contributed by atoms with Gasteiger partial charge in [0, 0.05) is 38.7 Å². The summed E-state index contributed by atoms with van der Waals surface area (Å²) in [6.07, 6.45) is 7.39. The Morgan fingerprint density at radius 2 is 1.32 bits per heavy atom. The van der Waals surface area contributed by atoms with E-state index in [1.54, 1.807) is 0 Å². The summed E-state index contributed by atoms with van der Waals surface area (Å²) in [5.41, 5.74) is 25.6. The van der Waals surface area contributed by atoms with Gasteiger partial charge in [0.05, 0.1) is 11.0 Å². The van der Waals surface area contributed by atoms with E-state index in [0.717, 1.165) is 29.0 Å². The molecule has 2 nitrogen and oxygen atoms in total. The van der Waals surface area contributed by atoms with Crippen LogP contribution in [-0.2, 0) is 11.8 Å². The molecule has 0 N–H and O–H groups in total. The summed E-state index contributed by atoms with van der Waals surface area (Å²) >= 11 is 0. The van der Waals surface area contributed by atoms with E-state index in [1.807, 2.05) is 6.08 Å². The fourth-order valence-electron chi connectivity index (χ4n) is 12.1. The van der Waals surface area contributed by atoms with Gasteiger partial charge in [-0.1, -0.05) is 160 Å². The number of rotatable bonds is 3. The Hall–Kier alpha value is -7.68. The van der Waals surface area contributed by atoms with Crippen molar-refractivity contribution in [1.82, 2.24) is 4.57 Å². The number of furan rings is 1. The highest BCUT2D eigenvalue weighted by Gasteiger charge is 2.37. The van der Waals surface area contributed by atoms with E-state index >= 15 is 0 Å². The van der Waals surface area contributed by atoms with Crippen molar-refractivity contribution in [3.05, 3.63) is 227 Å². The van der Waals surface area contributed by atoms with E-state index in [-0.39, 0.29) is 11.3 Å². The van der Waals surface area contributed by atoms with Gasteiger partial charge >= 0.3 is 0 Å². The molecule has 2 aromatic heterocycles. The molecule has 0 spiro atoms. The number of para-hydroxylation sites is 1. The standard InChI is InChI=1S/C49H33NO.C14H14/c1-49(2)40-16-7-5-12-36(40)47-41(49)22-23-43-48(47)37-13-6-8-17-42(37)50(43)29-19-25-45-39(27-29)38-26-28(18-24-44(38)51-45)30-20-21-35-32-11-4-3-10-31(32)34-15-9-14-33(30)46(34)35;1-5-12-10(3)11(4)14-9(2)7-6-8-13(12)14/h3-25,27-28H,26H2,1-2H3;5-8H,1,4H2,2-3H3. The van der Waals surface area contributed by atoms with Crippen LogP contribution in [-0.4, -0.2) is 4.57 Å². The molecule has 2 heteroatoms. The number of hydrogen-bond donors (Lipinski definition) is 0. The van der Waals surface area contributed by atoms with E-state index in [4.69, 9.17) is 4.42 Å². The van der Waals surface area contributed by atoms with Gasteiger partial charge in [0.1, 0.15) is 11.3 Å². The van der Waals surface area contributed by atoms with Crippen molar-refractivity contribution in [1.29, 1.82) is 0 Å². The number of aryl methyl sites for hydroxylation is 1. The van der Waals surface area contributed by atoms with E-state index in [2.05, 4.69) is 209 Å². The van der Waals surface area contributed by atoms with E-state index in [0.29, 0.717) is 0 Å². The number of benzene rings is 8. The Labute approximate surface area is 379 Å². The molecule has 0 aliphatic heterocycles. The first-order valence-electron chi connectivity index (χ1n) is 22.9. The van der Waals surface area contributed by atoms with Crippen LogP contribution < -0.4 is 0 Å². The van der Waals surface area contributed by atoms with Gasteiger partial charge in [-0.15, -0.1) is 0 Å². The Morgan fingerprint density at radius 3 is 2.15 bits per heavy atom. The summed E-state index contributed by atoms with van der Waals surface area (Å²) in [4.78, 5) is 0. The lowest BCUT2D eigenvalue weighted by atomic mass is 9.82. The van der Waals surface area contributed by atoms with Crippen molar-refractivity contribution < 1.29 is 4.42 Å². The second-order valence-corrected chi connectivity index (χ2v) is 18.9. The van der Waals surface area contributed by atoms with E-state index in [1.165, 1.54) is 121 Å². The SMILES string of the molecule is C=CC1=C(C)C(=C)c2c(C)cccc21.CC1(C)c2ccccc2-c2c1ccc1c2c2ccccc2n1-c1ccc2oc3c(c2c1)CC(c1ccc2c4c(cccc14)-c1ccccc1-2)C=C3. The highest BCUT2D eigenvalue weighted by Crippen LogP contribution is 2.54. The Morgan fingerprint density at radius 1 is 0.615 bits per heavy atom. The molecule has 1 atom stereocenters. The van der Waals surface area contributed by atoms with Crippen LogP contribution in [0.25, 0.3) is 99.8 Å². The molecule has 0 fully saturated rings. The number of hydrogen-bond acceptors (Lipinski definition) is 1. The zero-order valence-corrected chi connectivity index (χ0v) is 37.2. The summed E-state index contributed by atoms with van der Waals surface area (Å²) < 4.78 is 8.99. The van der Waals surface area contributed by atoms with Crippen LogP contribution in [0.15, 0.2) is 187 Å². The van der Waals surface area contributed by atoms with Crippen LogP contribution in [0.2, 0.25) is 0 Å². The molecule has 0 radical (unpaired) electrons. The molecule has 1 unspecified atom stereocenters. The molecule has 2 heterocycles. The van der Waals surface area contributed by atoms with Gasteiger partial charge in [0.25, 0.3) is 0 Å². The number of nitrogens with zero attached hydrogens (tertiary/aromatic N) is 1. The largest absolute Gasteiger partial charge is 0.456 e. The predicted molar refractivity (Wildman–Crippen MR) is 275 cm³/mol. The molecule has 4 aliphatic carbocycles. The summed E-state index contributed by atoms with van der Waals surface area (Å²) in [5.74, 6) is 1.24. The maximum absolute atomic E-state index is 6.53. The predicted octanol–water partition coefficient (Wildman–Crippen LogP) is 17.0. The molecule has 65 heavy (non-hydrogen) atoms. The van der Waals surface area contributed by atoms with Crippen molar-refractivity contribution in [2.75, 3.05) is 0 Å². The molecular formula is C63H47NO. The van der Waals surface area contributed by atoms with Crippen molar-refractivity contribution in [2.24, 2.45) is 0 Å². The highest BCUT2D eigenvalue weighted by atomic mass is 16.3. The molecule has 0 saturated carbocycles. The van der Waals surface area contributed by atoms with Crippen LogP contribution in [0.4, 0.5) is 0 Å². The van der Waals surface area contributed by atoms with Gasteiger partial charge in [-0.05, 0) is 151 Å². The number of aromatic nitrogens is 1. The molecular weight excluding hydrogens is 787 g/mol. The van der Waals surface area contributed by atoms with Crippen LogP contribution in [0.1, 0.15) is 71.4 Å². The average molecular weight is 834 g/mol. The Balaban J connectivity index is 0.000000260. The highest BCUT2D eigenvalue weighted by molar-refractivity contribution is 6.18. The van der Waals surface area contributed by atoms with E-state index < -0.39 is 0 Å². The minimum atomic E-state index is -0.0446. The quantitative estimate of drug-likeness (QED) is 0.173. The Bertz CT molecular complexity index is 3810. The van der Waals surface area contributed by atoms with Gasteiger partial charge in [-0.2, -0.15) is 0 Å². The maximum atomic E-state index is 6.53. The molecule has 4 aliphatic rings. The maximum Gasteiger partial charge on any atom is 0.135 e. The normalized spacial score (nSPS) is 15.9. The van der Waals surface area contributed by atoms with Crippen molar-refractivity contribution >= 4 is 60.8 Å². The third-order valence-corrected chi connectivity index (χ3v) is 15.3. The Kier molecular flexibility index (Phi) is 7.95. The molecule has 0 bridgehead atoms. The average Bonchev–Trinajstić information content (AvgIpc) is 4.10. The van der Waals surface area contributed by atoms with E-state index in [9.17, 15) is 0 Å². The molecule has 14 rings (SSSR count). The summed E-state index contributed by atoms with van der Waals surface area (Å²) in [7, 11) is 0. The van der Waals surface area contributed by atoms with Crippen LogP contribution in [0.3, 0.4) is 0 Å². The number of allylic oxidation sites excluding steroid dienone is 5. The second kappa shape index (κ2) is 13.7. The van der Waals surface area contributed by atoms with Gasteiger partial charge in [0.2, 0.25) is 0 Å². The second-order valence-electron chi connectivity index (χ2n) is 18.9. The summed E-state index contributed by atoms with van der Waals surface area (Å²) in [6.45, 7) is 17.0. The van der Waals surface area contributed by atoms with Gasteiger partial charge < -0.3 is 8.98 Å². The van der Waals surface area contributed by atoms with Crippen LogP contribution in [0.5, 0.6) is 0 Å². The van der Waals surface area contributed by atoms with Crippen molar-refractivity contribution in [3.8, 4) is 39.1 Å². The third kappa shape index (κ3) is 5.17. The first kappa shape index (κ1) is 37.8. The van der Waals surface area contributed by atoms with Crippen molar-refractivity contribution in [3.63, 3.8) is 0 Å². The molecule has 0 saturated heterocycles. The smallest absolute Gasteiger partial charge is 0.135 e. The first-order chi connectivity index (χ1) is 31.7. The summed E-state index contributed by atoms with van der Waals surface area (Å²) in [5, 5.41) is 6.58. The lowest BCUT2D eigenvalue weighted by molar-refractivity contribution is 0.592. The first-order valence-corrected chi connectivity index (χ1v) is 22.9. The minimum absolute atomic E-state index is 0.0446. The fourth-order valence-corrected chi connectivity index (χ4v) is 12.1. The van der Waals surface area contributed by atoms with Crippen LogP contribution in [0, 0.1) is 6.92 Å². The van der Waals surface area contributed by atoms with Crippen LogP contribution >= 0.6 is 0 Å². The molecule has 310 valence electrons. The van der Waals surface area contributed by atoms with Gasteiger partial charge in [0.15, 0.2) is 0 Å². The van der Waals surface area contributed by atoms with Crippen molar-refractivity contribution in [2.45, 2.75) is 45.4 Å². The topological polar surface area (TPSA) is 18.1 Å². The fraction of sp³-hybridized carbons (Fsp3) is 0.111. The zero-order valence-electron chi connectivity index (χ0n) is 37.2. The third-order valence-electron chi connectivity index (χ3n) is 15.3. The monoisotopic (exact) mass is 833 g/mol. The number of fused-ring (bicyclic) bond motifs is 14. The minimum Gasteiger partial charge on any atom is -0.456 e. The van der Waals surface area contributed by atoms with Gasteiger partial charge in [-0.3, -0.25) is 0 Å². The zero-order chi connectivity index (χ0) is 43.9. The molecule has 0 amide bonds. The molecule has 8 aromatic carbocycles. The lowest BCUT2D eigenvalue weighted by Crippen LogP contribution is -2.14. The molecule has 10 aromatic rings. The lowest BCUT2D eigenvalue weighted by Gasteiger charge is -2.21. The van der Waals surface area contributed by atoms with Gasteiger partial charge in [-0.25, -0.2) is 0 Å².